The molecule has 6 nitrogen and oxygen atoms in total. The van der Waals surface area contributed by atoms with Crippen molar-refractivity contribution in [2.45, 2.75) is 19.4 Å². The molecule has 0 saturated carbocycles. The Morgan fingerprint density at radius 1 is 1.71 bits per heavy atom. The summed E-state index contributed by atoms with van der Waals surface area (Å²) in [6, 6.07) is 0. The Labute approximate surface area is 80.7 Å². The van der Waals surface area contributed by atoms with Crippen molar-refractivity contribution in [1.82, 2.24) is 4.90 Å². The monoisotopic (exact) mass is 200 g/mol. The van der Waals surface area contributed by atoms with Crippen LogP contribution in [0.1, 0.15) is 13.3 Å². The minimum atomic E-state index is -1.48. The summed E-state index contributed by atoms with van der Waals surface area (Å²) in [5.74, 6) is -2.05. The molecule has 0 aliphatic carbocycles. The standard InChI is InChI=1S/C8H12N2O4/c1-4-2-6(12)10(8(4)14)3-5(11)7(9)13/h4-5,11H,2-3H2,1H3,(H2,9,13). The van der Waals surface area contributed by atoms with Crippen LogP contribution in [0, 0.1) is 5.92 Å². The normalized spacial score (nSPS) is 24.1. The van der Waals surface area contributed by atoms with Crippen molar-refractivity contribution in [2.75, 3.05) is 6.54 Å². The molecule has 3 amide bonds. The summed E-state index contributed by atoms with van der Waals surface area (Å²) in [6.45, 7) is 1.29. The van der Waals surface area contributed by atoms with E-state index in [1.165, 1.54) is 0 Å². The Kier molecular flexibility index (Phi) is 2.85. The molecule has 0 bridgehead atoms. The first-order valence-electron chi connectivity index (χ1n) is 4.25. The van der Waals surface area contributed by atoms with E-state index in [2.05, 4.69) is 0 Å². The lowest BCUT2D eigenvalue weighted by Gasteiger charge is -2.16. The molecule has 1 heterocycles. The molecule has 1 aliphatic heterocycles. The fourth-order valence-corrected chi connectivity index (χ4v) is 1.30. The SMILES string of the molecule is CC1CC(=O)N(CC(O)C(N)=O)C1=O. The van der Waals surface area contributed by atoms with Gasteiger partial charge in [-0.05, 0) is 0 Å². The third-order valence-electron chi connectivity index (χ3n) is 2.15. The Morgan fingerprint density at radius 3 is 2.64 bits per heavy atom. The fourth-order valence-electron chi connectivity index (χ4n) is 1.30. The van der Waals surface area contributed by atoms with Crippen LogP contribution < -0.4 is 5.73 Å². The number of aliphatic hydroxyl groups excluding tert-OH is 1. The van der Waals surface area contributed by atoms with Gasteiger partial charge in [-0.1, -0.05) is 6.92 Å². The number of amides is 3. The van der Waals surface area contributed by atoms with E-state index >= 15 is 0 Å². The lowest BCUT2D eigenvalue weighted by molar-refractivity contribution is -0.142. The second-order valence-electron chi connectivity index (χ2n) is 3.37. The summed E-state index contributed by atoms with van der Waals surface area (Å²) in [4.78, 5) is 33.9. The number of carbonyl (C=O) groups is 3. The van der Waals surface area contributed by atoms with Gasteiger partial charge in [-0.15, -0.1) is 0 Å². The number of nitrogens with two attached hydrogens (primary N) is 1. The van der Waals surface area contributed by atoms with Crippen LogP contribution in [-0.4, -0.2) is 40.4 Å². The highest BCUT2D eigenvalue weighted by atomic mass is 16.3. The summed E-state index contributed by atoms with van der Waals surface area (Å²) in [5, 5.41) is 9.09. The number of carbonyl (C=O) groups excluding carboxylic acids is 3. The largest absolute Gasteiger partial charge is 0.381 e. The van der Waals surface area contributed by atoms with Gasteiger partial charge >= 0.3 is 0 Å². The molecule has 0 aromatic carbocycles. The number of nitrogens with zero attached hydrogens (tertiary/aromatic N) is 1. The number of rotatable bonds is 3. The minimum absolute atomic E-state index is 0.129. The molecular formula is C8H12N2O4. The summed E-state index contributed by atoms with van der Waals surface area (Å²) in [6.07, 6.45) is -1.35. The molecule has 0 aromatic rings. The summed E-state index contributed by atoms with van der Waals surface area (Å²) in [5.41, 5.74) is 4.80. The lowest BCUT2D eigenvalue weighted by atomic mass is 10.1. The van der Waals surface area contributed by atoms with E-state index in [-0.39, 0.29) is 30.7 Å². The molecule has 3 N–H and O–H groups in total. The van der Waals surface area contributed by atoms with Gasteiger partial charge in [0.25, 0.3) is 0 Å². The second-order valence-corrected chi connectivity index (χ2v) is 3.37. The molecule has 2 unspecified atom stereocenters. The third kappa shape index (κ3) is 1.90. The maximum absolute atomic E-state index is 11.3. The van der Waals surface area contributed by atoms with Crippen molar-refractivity contribution in [2.24, 2.45) is 11.7 Å². The van der Waals surface area contributed by atoms with Crippen LogP contribution in [0.4, 0.5) is 0 Å². The van der Waals surface area contributed by atoms with E-state index in [4.69, 9.17) is 10.8 Å². The second kappa shape index (κ2) is 3.75. The fraction of sp³-hybridized carbons (Fsp3) is 0.625. The van der Waals surface area contributed by atoms with Crippen molar-refractivity contribution in [1.29, 1.82) is 0 Å². The third-order valence-corrected chi connectivity index (χ3v) is 2.15. The molecule has 1 aliphatic rings. The number of β-amino-alcohol motifs (C(OH)–C–C–N with tert-alkyl or cyclic N) is 1. The first kappa shape index (κ1) is 10.6. The molecule has 1 saturated heterocycles. The number of hydrogen-bond acceptors (Lipinski definition) is 4. The van der Waals surface area contributed by atoms with Crippen molar-refractivity contribution >= 4 is 17.7 Å². The Hall–Kier alpha value is -1.43. The maximum atomic E-state index is 11.3. The molecular weight excluding hydrogens is 188 g/mol. The number of primary amides is 1. The van der Waals surface area contributed by atoms with Gasteiger partial charge in [-0.2, -0.15) is 0 Å². The number of aliphatic hydroxyl groups is 1. The smallest absolute Gasteiger partial charge is 0.248 e. The maximum Gasteiger partial charge on any atom is 0.248 e. The Bertz CT molecular complexity index is 289. The van der Waals surface area contributed by atoms with Crippen LogP contribution in [0.5, 0.6) is 0 Å². The van der Waals surface area contributed by atoms with Crippen LogP contribution in [0.25, 0.3) is 0 Å². The van der Waals surface area contributed by atoms with Gasteiger partial charge in [0, 0.05) is 12.3 Å². The molecule has 0 spiro atoms. The van der Waals surface area contributed by atoms with Gasteiger partial charge in [0.05, 0.1) is 6.54 Å². The molecule has 78 valence electrons. The van der Waals surface area contributed by atoms with Gasteiger partial charge < -0.3 is 10.8 Å². The Morgan fingerprint density at radius 2 is 2.29 bits per heavy atom. The lowest BCUT2D eigenvalue weighted by Crippen LogP contribution is -2.42. The first-order valence-corrected chi connectivity index (χ1v) is 4.25. The van der Waals surface area contributed by atoms with Crippen molar-refractivity contribution < 1.29 is 19.5 Å². The molecule has 1 fully saturated rings. The van der Waals surface area contributed by atoms with Gasteiger partial charge in [0.1, 0.15) is 0 Å². The number of likely N-dealkylation sites (tertiary alicyclic amines) is 1. The molecule has 0 radical (unpaired) electrons. The van der Waals surface area contributed by atoms with E-state index in [1.807, 2.05) is 0 Å². The molecule has 0 aromatic heterocycles. The summed E-state index contributed by atoms with van der Waals surface area (Å²) >= 11 is 0. The van der Waals surface area contributed by atoms with E-state index < -0.39 is 12.0 Å². The van der Waals surface area contributed by atoms with Crippen molar-refractivity contribution in [3.8, 4) is 0 Å². The zero-order chi connectivity index (χ0) is 10.9. The minimum Gasteiger partial charge on any atom is -0.381 e. The zero-order valence-corrected chi connectivity index (χ0v) is 7.77. The van der Waals surface area contributed by atoms with Crippen LogP contribution in [0.3, 0.4) is 0 Å². The van der Waals surface area contributed by atoms with E-state index in [0.29, 0.717) is 0 Å². The predicted octanol–water partition coefficient (Wildman–Crippen LogP) is -1.77. The molecule has 14 heavy (non-hydrogen) atoms. The van der Waals surface area contributed by atoms with Gasteiger partial charge in [0.15, 0.2) is 6.10 Å². The first-order chi connectivity index (χ1) is 6.43. The zero-order valence-electron chi connectivity index (χ0n) is 7.77. The summed E-state index contributed by atoms with van der Waals surface area (Å²) in [7, 11) is 0. The van der Waals surface area contributed by atoms with Crippen LogP contribution in [-0.2, 0) is 14.4 Å². The van der Waals surface area contributed by atoms with Gasteiger partial charge in [-0.25, -0.2) is 0 Å². The quantitative estimate of drug-likeness (QED) is 0.526. The Balaban J connectivity index is 2.65. The average Bonchev–Trinajstić information content (AvgIpc) is 2.32. The van der Waals surface area contributed by atoms with Crippen molar-refractivity contribution in [3.63, 3.8) is 0 Å². The highest BCUT2D eigenvalue weighted by Crippen LogP contribution is 2.18. The molecule has 2 atom stereocenters. The number of imide groups is 1. The van der Waals surface area contributed by atoms with Crippen LogP contribution in [0.15, 0.2) is 0 Å². The highest BCUT2D eigenvalue weighted by molar-refractivity contribution is 6.03. The van der Waals surface area contributed by atoms with Gasteiger partial charge in [0.2, 0.25) is 17.7 Å². The highest BCUT2D eigenvalue weighted by Gasteiger charge is 2.37. The van der Waals surface area contributed by atoms with Crippen LogP contribution >= 0.6 is 0 Å². The van der Waals surface area contributed by atoms with E-state index in [9.17, 15) is 14.4 Å². The molecule has 1 rings (SSSR count). The summed E-state index contributed by atoms with van der Waals surface area (Å²) < 4.78 is 0. The van der Waals surface area contributed by atoms with E-state index in [0.717, 1.165) is 4.90 Å². The van der Waals surface area contributed by atoms with Gasteiger partial charge in [-0.3, -0.25) is 19.3 Å². The van der Waals surface area contributed by atoms with Crippen LogP contribution in [0.2, 0.25) is 0 Å². The number of hydrogen-bond donors (Lipinski definition) is 2. The van der Waals surface area contributed by atoms with E-state index in [1.54, 1.807) is 6.92 Å². The van der Waals surface area contributed by atoms with Crippen molar-refractivity contribution in [3.05, 3.63) is 0 Å². The topological polar surface area (TPSA) is 101 Å². The predicted molar refractivity (Wildman–Crippen MR) is 45.7 cm³/mol. The molecule has 6 heteroatoms. The average molecular weight is 200 g/mol.